The van der Waals surface area contributed by atoms with E-state index in [-0.39, 0.29) is 13.2 Å². The van der Waals surface area contributed by atoms with Crippen molar-refractivity contribution in [3.8, 4) is 0 Å². The van der Waals surface area contributed by atoms with Crippen LogP contribution in [0.15, 0.2) is 0 Å². The fraction of sp³-hybridized carbons (Fsp3) is 1.00. The van der Waals surface area contributed by atoms with E-state index in [0.29, 0.717) is 12.8 Å². The van der Waals surface area contributed by atoms with Crippen LogP contribution in [0.5, 0.6) is 0 Å². The normalized spacial score (nSPS) is 28.8. The van der Waals surface area contributed by atoms with E-state index in [9.17, 15) is 0 Å². The van der Waals surface area contributed by atoms with Gasteiger partial charge in [0.05, 0.1) is 12.2 Å². The molecular formula is C6H14O4. The lowest BCUT2D eigenvalue weighted by Crippen LogP contribution is -1.85. The van der Waals surface area contributed by atoms with Crippen LogP contribution in [0.25, 0.3) is 0 Å². The van der Waals surface area contributed by atoms with E-state index in [2.05, 4.69) is 0 Å². The molecule has 1 aliphatic carbocycles. The summed E-state index contributed by atoms with van der Waals surface area (Å²) < 4.78 is 0. The van der Waals surface area contributed by atoms with Crippen LogP contribution in [0.3, 0.4) is 0 Å². The van der Waals surface area contributed by atoms with Crippen LogP contribution < -0.4 is 0 Å². The number of rotatable bonds is 2. The smallest absolute Gasteiger partial charge is 0.0825 e. The number of aliphatic hydroxyl groups is 4. The van der Waals surface area contributed by atoms with Crippen LogP contribution >= 0.6 is 0 Å². The van der Waals surface area contributed by atoms with Gasteiger partial charge in [-0.25, -0.2) is 0 Å². The molecule has 62 valence electrons. The molecule has 1 fully saturated rings. The molecule has 2 atom stereocenters. The average molecular weight is 150 g/mol. The fourth-order valence-corrected chi connectivity index (χ4v) is 0.240. The molecule has 0 bridgehead atoms. The van der Waals surface area contributed by atoms with E-state index in [1.807, 2.05) is 0 Å². The molecule has 0 heterocycles. The van der Waals surface area contributed by atoms with Gasteiger partial charge in [0, 0.05) is 19.6 Å². The molecule has 2 unspecified atom stereocenters. The van der Waals surface area contributed by atoms with Crippen LogP contribution in [-0.4, -0.2) is 45.8 Å². The lowest BCUT2D eigenvalue weighted by molar-refractivity contribution is 0.180. The summed E-state index contributed by atoms with van der Waals surface area (Å²) in [5, 5.41) is 32.2. The van der Waals surface area contributed by atoms with Crippen molar-refractivity contribution < 1.29 is 20.4 Å². The second kappa shape index (κ2) is 5.61. The average Bonchev–Trinajstić information content (AvgIpc) is 2.49. The van der Waals surface area contributed by atoms with Crippen molar-refractivity contribution in [2.45, 2.75) is 25.0 Å². The molecule has 0 spiro atoms. The van der Waals surface area contributed by atoms with Crippen molar-refractivity contribution in [1.29, 1.82) is 0 Å². The van der Waals surface area contributed by atoms with Crippen molar-refractivity contribution in [3.05, 3.63) is 0 Å². The monoisotopic (exact) mass is 150 g/mol. The van der Waals surface area contributed by atoms with E-state index in [0.717, 1.165) is 0 Å². The molecule has 1 aliphatic rings. The highest BCUT2D eigenvalue weighted by Crippen LogP contribution is 2.18. The number of hydrogen-bond donors (Lipinski definition) is 4. The van der Waals surface area contributed by atoms with Crippen molar-refractivity contribution in [1.82, 2.24) is 0 Å². The first-order valence-corrected chi connectivity index (χ1v) is 3.30. The number of hydrogen-bond acceptors (Lipinski definition) is 4. The Morgan fingerprint density at radius 2 is 1.30 bits per heavy atom. The van der Waals surface area contributed by atoms with Gasteiger partial charge in [0.15, 0.2) is 0 Å². The van der Waals surface area contributed by atoms with Crippen LogP contribution in [0, 0.1) is 0 Å². The molecule has 0 radical (unpaired) electrons. The number of aliphatic hydroxyl groups excluding tert-OH is 4. The van der Waals surface area contributed by atoms with Crippen LogP contribution in [0.2, 0.25) is 0 Å². The summed E-state index contributed by atoms with van der Waals surface area (Å²) in [6.45, 7) is 0.188. The molecule has 4 heteroatoms. The van der Waals surface area contributed by atoms with E-state index < -0.39 is 12.2 Å². The lowest BCUT2D eigenvalue weighted by atomic mass is 10.5. The van der Waals surface area contributed by atoms with E-state index in [1.54, 1.807) is 0 Å². The Labute approximate surface area is 59.7 Å². The predicted octanol–water partition coefficient (Wildman–Crippen LogP) is -1.53. The maximum absolute atomic E-state index is 8.19. The Balaban J connectivity index is 0.000000162. The highest BCUT2D eigenvalue weighted by atomic mass is 16.3. The SMILES string of the molecule is OC1CC1O.OCCCO. The third kappa shape index (κ3) is 5.97. The molecule has 4 N–H and O–H groups in total. The van der Waals surface area contributed by atoms with Crippen molar-refractivity contribution in [2.75, 3.05) is 13.2 Å². The zero-order chi connectivity index (χ0) is 7.98. The van der Waals surface area contributed by atoms with Gasteiger partial charge in [0.1, 0.15) is 0 Å². The summed E-state index contributed by atoms with van der Waals surface area (Å²) in [5.74, 6) is 0. The Kier molecular flexibility index (Phi) is 5.52. The van der Waals surface area contributed by atoms with E-state index in [1.165, 1.54) is 0 Å². The topological polar surface area (TPSA) is 80.9 Å². The summed E-state index contributed by atoms with van der Waals surface area (Å²) in [6.07, 6.45) is 0.296. The Bertz CT molecular complexity index is 68.1. The van der Waals surface area contributed by atoms with Crippen LogP contribution in [0.1, 0.15) is 12.8 Å². The van der Waals surface area contributed by atoms with Crippen molar-refractivity contribution in [2.24, 2.45) is 0 Å². The van der Waals surface area contributed by atoms with Gasteiger partial charge in [-0.15, -0.1) is 0 Å². The molecule has 0 aliphatic heterocycles. The Morgan fingerprint density at radius 3 is 1.30 bits per heavy atom. The third-order valence-corrected chi connectivity index (χ3v) is 1.04. The van der Waals surface area contributed by atoms with Gasteiger partial charge in [-0.05, 0) is 6.42 Å². The van der Waals surface area contributed by atoms with Gasteiger partial charge in [-0.2, -0.15) is 0 Å². The molecule has 10 heavy (non-hydrogen) atoms. The maximum atomic E-state index is 8.19. The highest BCUT2D eigenvalue weighted by molar-refractivity contribution is 4.84. The molecule has 0 aromatic rings. The van der Waals surface area contributed by atoms with Crippen LogP contribution in [-0.2, 0) is 0 Å². The molecule has 4 nitrogen and oxygen atoms in total. The zero-order valence-corrected chi connectivity index (χ0v) is 5.77. The van der Waals surface area contributed by atoms with Gasteiger partial charge in [0.25, 0.3) is 0 Å². The van der Waals surface area contributed by atoms with Crippen LogP contribution in [0.4, 0.5) is 0 Å². The first-order chi connectivity index (χ1) is 4.72. The molecule has 0 aromatic carbocycles. The molecule has 0 aromatic heterocycles. The van der Waals surface area contributed by atoms with Gasteiger partial charge in [-0.1, -0.05) is 0 Å². The Hall–Kier alpha value is -0.160. The first kappa shape index (κ1) is 9.84. The van der Waals surface area contributed by atoms with Gasteiger partial charge in [-0.3, -0.25) is 0 Å². The first-order valence-electron chi connectivity index (χ1n) is 3.30. The van der Waals surface area contributed by atoms with Crippen molar-refractivity contribution in [3.63, 3.8) is 0 Å². The fourth-order valence-electron chi connectivity index (χ4n) is 0.240. The van der Waals surface area contributed by atoms with Gasteiger partial charge >= 0.3 is 0 Å². The van der Waals surface area contributed by atoms with E-state index >= 15 is 0 Å². The summed E-state index contributed by atoms with van der Waals surface area (Å²) >= 11 is 0. The summed E-state index contributed by atoms with van der Waals surface area (Å²) in [6, 6.07) is 0. The standard InChI is InChI=1S/C3H6O2.C3H8O2/c4-2-1-3(2)5;4-2-1-3-5/h2-5H,1H2;4-5H,1-3H2. The van der Waals surface area contributed by atoms with Gasteiger partial charge in [0.2, 0.25) is 0 Å². The predicted molar refractivity (Wildman–Crippen MR) is 35.4 cm³/mol. The summed E-state index contributed by atoms with van der Waals surface area (Å²) in [7, 11) is 0. The summed E-state index contributed by atoms with van der Waals surface area (Å²) in [4.78, 5) is 0. The maximum Gasteiger partial charge on any atom is 0.0825 e. The van der Waals surface area contributed by atoms with Gasteiger partial charge < -0.3 is 20.4 Å². The molecule has 1 saturated carbocycles. The largest absolute Gasteiger partial charge is 0.396 e. The second-order valence-electron chi connectivity index (χ2n) is 2.17. The third-order valence-electron chi connectivity index (χ3n) is 1.04. The quantitative estimate of drug-likeness (QED) is 0.385. The lowest BCUT2D eigenvalue weighted by Gasteiger charge is -1.79. The van der Waals surface area contributed by atoms with Crippen molar-refractivity contribution >= 4 is 0 Å². The highest BCUT2D eigenvalue weighted by Gasteiger charge is 2.32. The van der Waals surface area contributed by atoms with E-state index in [4.69, 9.17) is 20.4 Å². The second-order valence-corrected chi connectivity index (χ2v) is 2.17. The molecule has 1 rings (SSSR count). The summed E-state index contributed by atoms with van der Waals surface area (Å²) in [5.41, 5.74) is 0. The minimum atomic E-state index is -0.394. The Morgan fingerprint density at radius 1 is 1.00 bits per heavy atom. The zero-order valence-electron chi connectivity index (χ0n) is 5.77. The molecular weight excluding hydrogens is 136 g/mol. The molecule has 0 amide bonds. The minimum Gasteiger partial charge on any atom is -0.396 e. The molecule has 0 saturated heterocycles. The minimum absolute atomic E-state index is 0.0938.